The van der Waals surface area contributed by atoms with E-state index in [1.54, 1.807) is 6.07 Å². The van der Waals surface area contributed by atoms with Crippen molar-refractivity contribution < 1.29 is 14.3 Å². The summed E-state index contributed by atoms with van der Waals surface area (Å²) in [6, 6.07) is 1.67. The van der Waals surface area contributed by atoms with Crippen molar-refractivity contribution in [3.05, 3.63) is 21.1 Å². The summed E-state index contributed by atoms with van der Waals surface area (Å²) in [7, 11) is 1.32. The van der Waals surface area contributed by atoms with Gasteiger partial charge in [0.1, 0.15) is 5.69 Å². The summed E-state index contributed by atoms with van der Waals surface area (Å²) in [4.78, 5) is 25.4. The number of carbonyl (C=O) groups is 2. The number of H-pyrrole nitrogens is 1. The molecule has 0 spiro atoms. The first-order chi connectivity index (χ1) is 7.17. The number of halogens is 1. The zero-order valence-corrected chi connectivity index (χ0v) is 10.1. The van der Waals surface area contributed by atoms with Crippen molar-refractivity contribution >= 4 is 49.7 Å². The second kappa shape index (κ2) is 3.79. The molecule has 0 aliphatic carbocycles. The number of hydrogen-bond acceptors (Lipinski definition) is 4. The molecule has 1 N–H and O–H groups in total. The van der Waals surface area contributed by atoms with Crippen LogP contribution < -0.4 is 0 Å². The van der Waals surface area contributed by atoms with Crippen molar-refractivity contribution in [2.24, 2.45) is 0 Å². The molecule has 2 rings (SSSR count). The van der Waals surface area contributed by atoms with Crippen LogP contribution in [0.4, 0.5) is 0 Å². The van der Waals surface area contributed by atoms with E-state index in [1.165, 1.54) is 18.4 Å². The molecule has 78 valence electrons. The van der Waals surface area contributed by atoms with E-state index in [-0.39, 0.29) is 0 Å². The zero-order chi connectivity index (χ0) is 11.0. The van der Waals surface area contributed by atoms with Gasteiger partial charge in [0.25, 0.3) is 0 Å². The third-order valence-electron chi connectivity index (χ3n) is 1.95. The third kappa shape index (κ3) is 1.59. The molecular formula is C9H6BrNO3S. The highest BCUT2D eigenvalue weighted by Crippen LogP contribution is 2.34. The maximum atomic E-state index is 11.2. The molecule has 0 saturated carbocycles. The number of aromatic nitrogens is 1. The van der Waals surface area contributed by atoms with Crippen LogP contribution in [0.5, 0.6) is 0 Å². The summed E-state index contributed by atoms with van der Waals surface area (Å²) in [6.45, 7) is 0. The third-order valence-corrected chi connectivity index (χ3v) is 4.10. The number of ether oxygens (including phenoxy) is 1. The molecule has 2 heterocycles. The lowest BCUT2D eigenvalue weighted by atomic mass is 10.4. The van der Waals surface area contributed by atoms with Gasteiger partial charge < -0.3 is 9.72 Å². The average Bonchev–Trinajstić information content (AvgIpc) is 2.77. The topological polar surface area (TPSA) is 59.2 Å². The maximum Gasteiger partial charge on any atom is 0.354 e. The number of thiophene rings is 1. The molecule has 15 heavy (non-hydrogen) atoms. The number of fused-ring (bicyclic) bond motifs is 1. The molecule has 0 bridgehead atoms. The molecule has 6 heteroatoms. The number of aldehydes is 1. The summed E-state index contributed by atoms with van der Waals surface area (Å²) in [5, 5.41) is 0. The summed E-state index contributed by atoms with van der Waals surface area (Å²) < 4.78 is 6.12. The Hall–Kier alpha value is -1.14. The highest BCUT2D eigenvalue weighted by atomic mass is 79.9. The van der Waals surface area contributed by atoms with Crippen molar-refractivity contribution in [2.75, 3.05) is 7.11 Å². The van der Waals surface area contributed by atoms with Crippen LogP contribution in [-0.2, 0) is 4.74 Å². The first-order valence-corrected chi connectivity index (χ1v) is 5.62. The Morgan fingerprint density at radius 3 is 2.93 bits per heavy atom. The minimum atomic E-state index is -0.419. The van der Waals surface area contributed by atoms with Crippen LogP contribution >= 0.6 is 27.3 Å². The van der Waals surface area contributed by atoms with Gasteiger partial charge in [-0.1, -0.05) is 0 Å². The number of esters is 1. The first kappa shape index (κ1) is 10.4. The molecule has 0 unspecified atom stereocenters. The second-order valence-electron chi connectivity index (χ2n) is 2.81. The SMILES string of the molecule is COC(=O)c1cc2sc(C=O)c(Br)c2[nH]1. The van der Waals surface area contributed by atoms with E-state index in [1.807, 2.05) is 0 Å². The molecule has 2 aromatic rings. The molecule has 0 amide bonds. The Morgan fingerprint density at radius 2 is 2.40 bits per heavy atom. The lowest BCUT2D eigenvalue weighted by Gasteiger charge is -1.93. The second-order valence-corrected chi connectivity index (χ2v) is 4.69. The number of nitrogens with one attached hydrogen (secondary N) is 1. The fourth-order valence-electron chi connectivity index (χ4n) is 1.26. The highest BCUT2D eigenvalue weighted by molar-refractivity contribution is 9.10. The molecule has 0 saturated heterocycles. The van der Waals surface area contributed by atoms with Crippen molar-refractivity contribution in [1.82, 2.24) is 4.98 Å². The van der Waals surface area contributed by atoms with Gasteiger partial charge in [-0.3, -0.25) is 4.79 Å². The Morgan fingerprint density at radius 1 is 1.67 bits per heavy atom. The van der Waals surface area contributed by atoms with Crippen LogP contribution in [0, 0.1) is 0 Å². The van der Waals surface area contributed by atoms with Crippen molar-refractivity contribution in [3.63, 3.8) is 0 Å². The van der Waals surface area contributed by atoms with Crippen LogP contribution in [0.25, 0.3) is 10.2 Å². The lowest BCUT2D eigenvalue weighted by Crippen LogP contribution is -2.00. The van der Waals surface area contributed by atoms with Crippen LogP contribution in [0.1, 0.15) is 20.2 Å². The van der Waals surface area contributed by atoms with E-state index in [0.29, 0.717) is 15.0 Å². The highest BCUT2D eigenvalue weighted by Gasteiger charge is 2.15. The molecule has 0 aliphatic heterocycles. The van der Waals surface area contributed by atoms with Gasteiger partial charge in [0, 0.05) is 0 Å². The number of methoxy groups -OCH3 is 1. The maximum absolute atomic E-state index is 11.2. The van der Waals surface area contributed by atoms with E-state index in [2.05, 4.69) is 25.7 Å². The normalized spacial score (nSPS) is 10.5. The van der Waals surface area contributed by atoms with Gasteiger partial charge in [0.05, 0.1) is 26.7 Å². The van der Waals surface area contributed by atoms with Gasteiger partial charge in [0.2, 0.25) is 0 Å². The largest absolute Gasteiger partial charge is 0.464 e. The van der Waals surface area contributed by atoms with Gasteiger partial charge in [0.15, 0.2) is 6.29 Å². The number of rotatable bonds is 2. The van der Waals surface area contributed by atoms with E-state index in [0.717, 1.165) is 16.5 Å². The van der Waals surface area contributed by atoms with E-state index in [4.69, 9.17) is 0 Å². The quantitative estimate of drug-likeness (QED) is 0.682. The van der Waals surface area contributed by atoms with Gasteiger partial charge in [-0.2, -0.15) is 0 Å². The predicted molar refractivity (Wildman–Crippen MR) is 60.6 cm³/mol. The number of aromatic amines is 1. The Balaban J connectivity index is 2.59. The molecule has 4 nitrogen and oxygen atoms in total. The molecule has 0 fully saturated rings. The molecule has 0 atom stereocenters. The molecular weight excluding hydrogens is 282 g/mol. The molecule has 2 aromatic heterocycles. The van der Waals surface area contributed by atoms with Crippen LogP contribution in [0.3, 0.4) is 0 Å². The molecule has 0 aliphatic rings. The summed E-state index contributed by atoms with van der Waals surface area (Å²) >= 11 is 4.61. The fourth-order valence-corrected chi connectivity index (χ4v) is 2.95. The van der Waals surface area contributed by atoms with Crippen molar-refractivity contribution in [2.45, 2.75) is 0 Å². The monoisotopic (exact) mass is 287 g/mol. The van der Waals surface area contributed by atoms with Crippen LogP contribution in [0.15, 0.2) is 10.5 Å². The fraction of sp³-hybridized carbons (Fsp3) is 0.111. The smallest absolute Gasteiger partial charge is 0.354 e. The van der Waals surface area contributed by atoms with Crippen LogP contribution in [-0.4, -0.2) is 24.3 Å². The first-order valence-electron chi connectivity index (χ1n) is 4.02. The van der Waals surface area contributed by atoms with Gasteiger partial charge in [-0.25, -0.2) is 4.79 Å². The Bertz CT molecular complexity index is 543. The number of carbonyl (C=O) groups excluding carboxylic acids is 2. The number of hydrogen-bond donors (Lipinski definition) is 1. The van der Waals surface area contributed by atoms with Crippen LogP contribution in [0.2, 0.25) is 0 Å². The zero-order valence-electron chi connectivity index (χ0n) is 7.67. The van der Waals surface area contributed by atoms with E-state index >= 15 is 0 Å². The van der Waals surface area contributed by atoms with E-state index in [9.17, 15) is 9.59 Å². The predicted octanol–water partition coefficient (Wildman–Crippen LogP) is 2.59. The summed E-state index contributed by atoms with van der Waals surface area (Å²) in [5.41, 5.74) is 1.14. The Kier molecular flexibility index (Phi) is 2.62. The van der Waals surface area contributed by atoms with Gasteiger partial charge in [-0.05, 0) is 22.0 Å². The lowest BCUT2D eigenvalue weighted by molar-refractivity contribution is 0.0595. The summed E-state index contributed by atoms with van der Waals surface area (Å²) in [5.74, 6) is -0.419. The summed E-state index contributed by atoms with van der Waals surface area (Å²) in [6.07, 6.45) is 0.778. The van der Waals surface area contributed by atoms with Gasteiger partial charge in [-0.15, -0.1) is 11.3 Å². The van der Waals surface area contributed by atoms with Crippen molar-refractivity contribution in [1.29, 1.82) is 0 Å². The molecule has 0 aromatic carbocycles. The van der Waals surface area contributed by atoms with Crippen molar-refractivity contribution in [3.8, 4) is 0 Å². The minimum absolute atomic E-state index is 0.386. The average molecular weight is 288 g/mol. The van der Waals surface area contributed by atoms with E-state index < -0.39 is 5.97 Å². The minimum Gasteiger partial charge on any atom is -0.464 e. The molecule has 0 radical (unpaired) electrons. The Labute approximate surface area is 97.4 Å². The standard InChI is InChI=1S/C9H6BrNO3S/c1-14-9(13)4-2-5-8(11-4)7(10)6(3-12)15-5/h2-3,11H,1H3. The van der Waals surface area contributed by atoms with Gasteiger partial charge >= 0.3 is 5.97 Å².